The van der Waals surface area contributed by atoms with Crippen LogP contribution in [0.15, 0.2) is 0 Å². The van der Waals surface area contributed by atoms with Gasteiger partial charge in [-0.25, -0.2) is 0 Å². The standard InChI is InChI=1S/C14H28N2O2/c1-2-3-5-14(17)16-10-4-11-18-13-8-6-12(15)7-9-13/h12-13H,2-11,15H2,1H3,(H,16,17). The maximum Gasteiger partial charge on any atom is 0.219 e. The predicted molar refractivity (Wildman–Crippen MR) is 73.3 cm³/mol. The largest absolute Gasteiger partial charge is 0.378 e. The summed E-state index contributed by atoms with van der Waals surface area (Å²) < 4.78 is 5.79. The van der Waals surface area contributed by atoms with Crippen molar-refractivity contribution in [2.24, 2.45) is 5.73 Å². The lowest BCUT2D eigenvalue weighted by molar-refractivity contribution is -0.121. The fourth-order valence-electron chi connectivity index (χ4n) is 2.23. The Labute approximate surface area is 111 Å². The number of nitrogens with one attached hydrogen (secondary N) is 1. The Balaban J connectivity index is 1.90. The van der Waals surface area contributed by atoms with Gasteiger partial charge in [-0.3, -0.25) is 4.79 Å². The second-order valence-electron chi connectivity index (χ2n) is 5.21. The van der Waals surface area contributed by atoms with E-state index in [4.69, 9.17) is 10.5 Å². The molecule has 106 valence electrons. The van der Waals surface area contributed by atoms with Crippen LogP contribution in [0.3, 0.4) is 0 Å². The first-order valence-electron chi connectivity index (χ1n) is 7.36. The van der Waals surface area contributed by atoms with Crippen molar-refractivity contribution in [3.63, 3.8) is 0 Å². The quantitative estimate of drug-likeness (QED) is 0.653. The molecular weight excluding hydrogens is 228 g/mol. The first-order valence-corrected chi connectivity index (χ1v) is 7.36. The highest BCUT2D eigenvalue weighted by Gasteiger charge is 2.18. The van der Waals surface area contributed by atoms with Crippen LogP contribution in [0.1, 0.15) is 58.3 Å². The Morgan fingerprint density at radius 3 is 2.67 bits per heavy atom. The Morgan fingerprint density at radius 1 is 1.28 bits per heavy atom. The maximum atomic E-state index is 11.3. The number of carbonyl (C=O) groups excluding carboxylic acids is 1. The van der Waals surface area contributed by atoms with Gasteiger partial charge < -0.3 is 15.8 Å². The van der Waals surface area contributed by atoms with Crippen molar-refractivity contribution < 1.29 is 9.53 Å². The molecule has 0 aliphatic heterocycles. The Morgan fingerprint density at radius 2 is 2.00 bits per heavy atom. The number of rotatable bonds is 8. The van der Waals surface area contributed by atoms with Gasteiger partial charge in [0.15, 0.2) is 0 Å². The zero-order chi connectivity index (χ0) is 13.2. The Kier molecular flexibility index (Phi) is 8.01. The van der Waals surface area contributed by atoms with Gasteiger partial charge >= 0.3 is 0 Å². The second-order valence-corrected chi connectivity index (χ2v) is 5.21. The van der Waals surface area contributed by atoms with E-state index in [1.54, 1.807) is 0 Å². The third kappa shape index (κ3) is 6.97. The van der Waals surface area contributed by atoms with Crippen LogP contribution >= 0.6 is 0 Å². The molecule has 1 rings (SSSR count). The summed E-state index contributed by atoms with van der Waals surface area (Å²) in [7, 11) is 0. The maximum absolute atomic E-state index is 11.3. The van der Waals surface area contributed by atoms with E-state index < -0.39 is 0 Å². The van der Waals surface area contributed by atoms with Gasteiger partial charge in [0.25, 0.3) is 0 Å². The molecule has 0 aromatic heterocycles. The van der Waals surface area contributed by atoms with E-state index >= 15 is 0 Å². The molecule has 4 heteroatoms. The number of hydrogen-bond acceptors (Lipinski definition) is 3. The Bertz CT molecular complexity index is 226. The van der Waals surface area contributed by atoms with Crippen LogP contribution in [0.5, 0.6) is 0 Å². The molecule has 4 nitrogen and oxygen atoms in total. The minimum absolute atomic E-state index is 0.167. The molecule has 0 unspecified atom stereocenters. The second kappa shape index (κ2) is 9.34. The molecule has 3 N–H and O–H groups in total. The van der Waals surface area contributed by atoms with Crippen LogP contribution in [0.4, 0.5) is 0 Å². The molecule has 0 atom stereocenters. The number of hydrogen-bond donors (Lipinski definition) is 2. The van der Waals surface area contributed by atoms with Gasteiger partial charge in [0.1, 0.15) is 0 Å². The van der Waals surface area contributed by atoms with Crippen LogP contribution < -0.4 is 11.1 Å². The molecule has 0 radical (unpaired) electrons. The predicted octanol–water partition coefficient (Wildman–Crippen LogP) is 1.97. The van der Waals surface area contributed by atoms with Gasteiger partial charge in [0.2, 0.25) is 5.91 Å². The number of amides is 1. The average Bonchev–Trinajstić information content (AvgIpc) is 2.38. The van der Waals surface area contributed by atoms with E-state index in [0.717, 1.165) is 58.1 Å². The van der Waals surface area contributed by atoms with Crippen LogP contribution in [0.2, 0.25) is 0 Å². The number of carbonyl (C=O) groups is 1. The molecule has 1 amide bonds. The van der Waals surface area contributed by atoms with Crippen molar-refractivity contribution in [3.8, 4) is 0 Å². The van der Waals surface area contributed by atoms with Crippen LogP contribution in [-0.2, 0) is 9.53 Å². The lowest BCUT2D eigenvalue weighted by Crippen LogP contribution is -2.31. The normalized spacial score (nSPS) is 23.9. The van der Waals surface area contributed by atoms with Crippen molar-refractivity contribution in [2.45, 2.75) is 70.4 Å². The molecule has 0 heterocycles. The zero-order valence-electron chi connectivity index (χ0n) is 11.6. The van der Waals surface area contributed by atoms with Gasteiger partial charge in [0, 0.05) is 25.6 Å². The first-order chi connectivity index (χ1) is 8.72. The van der Waals surface area contributed by atoms with Gasteiger partial charge in [-0.2, -0.15) is 0 Å². The summed E-state index contributed by atoms with van der Waals surface area (Å²) in [5.41, 5.74) is 5.84. The van der Waals surface area contributed by atoms with Gasteiger partial charge in [-0.15, -0.1) is 0 Å². The highest BCUT2D eigenvalue weighted by molar-refractivity contribution is 5.75. The van der Waals surface area contributed by atoms with E-state index in [1.165, 1.54) is 0 Å². The number of nitrogens with two attached hydrogens (primary N) is 1. The highest BCUT2D eigenvalue weighted by Crippen LogP contribution is 2.19. The summed E-state index contributed by atoms with van der Waals surface area (Å²) in [6.45, 7) is 3.57. The molecule has 0 aromatic rings. The minimum Gasteiger partial charge on any atom is -0.378 e. The monoisotopic (exact) mass is 256 g/mol. The molecule has 0 saturated heterocycles. The third-order valence-electron chi connectivity index (χ3n) is 3.47. The van der Waals surface area contributed by atoms with E-state index in [-0.39, 0.29) is 5.91 Å². The van der Waals surface area contributed by atoms with Crippen molar-refractivity contribution in [2.75, 3.05) is 13.2 Å². The lowest BCUT2D eigenvalue weighted by Gasteiger charge is -2.26. The van der Waals surface area contributed by atoms with Crippen molar-refractivity contribution >= 4 is 5.91 Å². The van der Waals surface area contributed by atoms with Crippen LogP contribution in [-0.4, -0.2) is 31.2 Å². The number of unbranched alkanes of at least 4 members (excludes halogenated alkanes) is 1. The molecule has 1 saturated carbocycles. The molecule has 1 fully saturated rings. The summed E-state index contributed by atoms with van der Waals surface area (Å²) in [5.74, 6) is 0.167. The summed E-state index contributed by atoms with van der Waals surface area (Å²) in [5, 5.41) is 2.92. The molecule has 1 aliphatic rings. The van der Waals surface area contributed by atoms with E-state index in [9.17, 15) is 4.79 Å². The van der Waals surface area contributed by atoms with Gasteiger partial charge in [-0.1, -0.05) is 13.3 Å². The van der Waals surface area contributed by atoms with E-state index in [2.05, 4.69) is 12.2 Å². The van der Waals surface area contributed by atoms with Crippen molar-refractivity contribution in [1.29, 1.82) is 0 Å². The highest BCUT2D eigenvalue weighted by atomic mass is 16.5. The summed E-state index contributed by atoms with van der Waals surface area (Å²) >= 11 is 0. The van der Waals surface area contributed by atoms with E-state index in [0.29, 0.717) is 18.6 Å². The van der Waals surface area contributed by atoms with Gasteiger partial charge in [-0.05, 0) is 38.5 Å². The summed E-state index contributed by atoms with van der Waals surface area (Å²) in [4.78, 5) is 11.3. The van der Waals surface area contributed by atoms with Gasteiger partial charge in [0.05, 0.1) is 6.10 Å². The smallest absolute Gasteiger partial charge is 0.219 e. The lowest BCUT2D eigenvalue weighted by atomic mass is 9.94. The first kappa shape index (κ1) is 15.4. The molecular formula is C14H28N2O2. The fraction of sp³-hybridized carbons (Fsp3) is 0.929. The molecule has 1 aliphatic carbocycles. The number of ether oxygens (including phenoxy) is 1. The summed E-state index contributed by atoms with van der Waals surface area (Å²) in [6, 6.07) is 0.378. The van der Waals surface area contributed by atoms with Crippen molar-refractivity contribution in [1.82, 2.24) is 5.32 Å². The topological polar surface area (TPSA) is 64.3 Å². The van der Waals surface area contributed by atoms with Crippen LogP contribution in [0.25, 0.3) is 0 Å². The zero-order valence-corrected chi connectivity index (χ0v) is 11.6. The van der Waals surface area contributed by atoms with E-state index in [1.807, 2.05) is 0 Å². The summed E-state index contributed by atoms with van der Waals surface area (Å²) in [6.07, 6.45) is 8.33. The average molecular weight is 256 g/mol. The van der Waals surface area contributed by atoms with Crippen molar-refractivity contribution in [3.05, 3.63) is 0 Å². The third-order valence-corrected chi connectivity index (χ3v) is 3.47. The SMILES string of the molecule is CCCCC(=O)NCCCOC1CCC(N)CC1. The molecule has 0 bridgehead atoms. The fourth-order valence-corrected chi connectivity index (χ4v) is 2.23. The van der Waals surface area contributed by atoms with Crippen LogP contribution in [0, 0.1) is 0 Å². The molecule has 0 aromatic carbocycles. The minimum atomic E-state index is 0.167. The molecule has 0 spiro atoms. The molecule has 18 heavy (non-hydrogen) atoms. The Hall–Kier alpha value is -0.610.